The first-order valence-corrected chi connectivity index (χ1v) is 11.4. The lowest BCUT2D eigenvalue weighted by Gasteiger charge is -2.10. The number of aromatic nitrogens is 3. The highest BCUT2D eigenvalue weighted by atomic mass is 35.5. The van der Waals surface area contributed by atoms with E-state index in [1.807, 2.05) is 0 Å². The van der Waals surface area contributed by atoms with Crippen molar-refractivity contribution in [3.63, 3.8) is 0 Å². The highest BCUT2D eigenvalue weighted by Crippen LogP contribution is 2.31. The molecule has 1 amide bonds. The summed E-state index contributed by atoms with van der Waals surface area (Å²) in [5.74, 6) is -1.48. The van der Waals surface area contributed by atoms with Crippen molar-refractivity contribution in [2.75, 3.05) is 0 Å². The fourth-order valence-electron chi connectivity index (χ4n) is 2.47. The molecule has 0 atom stereocenters. The Morgan fingerprint density at radius 2 is 1.71 bits per heavy atom. The number of nitrogens with zero attached hydrogens (tertiary/aromatic N) is 3. The molecule has 1 aromatic carbocycles. The summed E-state index contributed by atoms with van der Waals surface area (Å²) in [7, 11) is -4.02. The Kier molecular flexibility index (Phi) is 7.70. The maximum atomic E-state index is 13.2. The van der Waals surface area contributed by atoms with E-state index in [4.69, 9.17) is 23.2 Å². The normalized spacial score (nSPS) is 11.9. The van der Waals surface area contributed by atoms with Crippen LogP contribution in [0.4, 0.5) is 17.6 Å². The first kappa shape index (κ1) is 25.7. The highest BCUT2D eigenvalue weighted by molar-refractivity contribution is 7.89. The van der Waals surface area contributed by atoms with Crippen LogP contribution < -0.4 is 10.0 Å². The van der Waals surface area contributed by atoms with Crippen LogP contribution in [-0.2, 0) is 29.3 Å². The molecular weight excluding hydrogens is 525 g/mol. The maximum absolute atomic E-state index is 13.2. The minimum atomic E-state index is -4.60. The predicted octanol–water partition coefficient (Wildman–Crippen LogP) is 3.74. The number of amides is 1. The summed E-state index contributed by atoms with van der Waals surface area (Å²) in [5.41, 5.74) is -0.976. The molecule has 2 aromatic heterocycles. The predicted molar refractivity (Wildman–Crippen MR) is 113 cm³/mol. The lowest BCUT2D eigenvalue weighted by Crippen LogP contribution is -2.26. The van der Waals surface area contributed by atoms with Crippen LogP contribution in [0.5, 0.6) is 0 Å². The summed E-state index contributed by atoms with van der Waals surface area (Å²) < 4.78 is 78.0. The van der Waals surface area contributed by atoms with Crippen molar-refractivity contribution in [2.45, 2.75) is 24.2 Å². The van der Waals surface area contributed by atoms with Gasteiger partial charge in [0, 0.05) is 6.20 Å². The largest absolute Gasteiger partial charge is 0.417 e. The quantitative estimate of drug-likeness (QED) is 0.444. The van der Waals surface area contributed by atoms with Crippen molar-refractivity contribution < 1.29 is 30.8 Å². The van der Waals surface area contributed by atoms with E-state index in [0.29, 0.717) is 12.3 Å². The molecule has 8 nitrogen and oxygen atoms in total. The Hall–Kier alpha value is -2.87. The summed E-state index contributed by atoms with van der Waals surface area (Å²) in [4.78, 5) is 23.4. The van der Waals surface area contributed by atoms with Gasteiger partial charge >= 0.3 is 6.18 Å². The number of sulfonamides is 1. The Balaban J connectivity index is 1.59. The fraction of sp³-hybridized carbons (Fsp3) is 0.158. The molecule has 0 radical (unpaired) electrons. The van der Waals surface area contributed by atoms with Crippen LogP contribution in [0.25, 0.3) is 0 Å². The summed E-state index contributed by atoms with van der Waals surface area (Å²) in [6.45, 7) is -0.545. The van der Waals surface area contributed by atoms with Gasteiger partial charge in [0.05, 0.1) is 57.4 Å². The third kappa shape index (κ3) is 6.38. The third-order valence-corrected chi connectivity index (χ3v) is 6.26. The summed E-state index contributed by atoms with van der Waals surface area (Å²) in [5, 5.41) is 1.77. The van der Waals surface area contributed by atoms with Gasteiger partial charge in [-0.2, -0.15) is 13.2 Å². The number of alkyl halides is 3. The van der Waals surface area contributed by atoms with Crippen LogP contribution in [0.1, 0.15) is 27.4 Å². The summed E-state index contributed by atoms with van der Waals surface area (Å²) >= 11 is 11.4. The zero-order valence-electron chi connectivity index (χ0n) is 16.7. The molecule has 0 unspecified atom stereocenters. The van der Waals surface area contributed by atoms with E-state index in [-0.39, 0.29) is 45.1 Å². The van der Waals surface area contributed by atoms with Crippen molar-refractivity contribution in [1.82, 2.24) is 25.0 Å². The van der Waals surface area contributed by atoms with Crippen molar-refractivity contribution in [3.05, 3.63) is 81.4 Å². The Bertz CT molecular complexity index is 1320. The average molecular weight is 538 g/mol. The second kappa shape index (κ2) is 10.2. The molecule has 0 aliphatic carbocycles. The second-order valence-corrected chi connectivity index (χ2v) is 9.21. The van der Waals surface area contributed by atoms with Crippen LogP contribution in [0, 0.1) is 5.82 Å². The zero-order valence-corrected chi connectivity index (χ0v) is 19.0. The molecule has 0 bridgehead atoms. The van der Waals surface area contributed by atoms with Gasteiger partial charge in [0.1, 0.15) is 11.5 Å². The molecule has 0 saturated carbocycles. The van der Waals surface area contributed by atoms with Gasteiger partial charge in [0.25, 0.3) is 5.91 Å². The number of benzene rings is 1. The molecule has 2 N–H and O–H groups in total. The minimum Gasteiger partial charge on any atom is -0.345 e. The third-order valence-electron chi connectivity index (χ3n) is 4.24. The first-order chi connectivity index (χ1) is 15.9. The van der Waals surface area contributed by atoms with Gasteiger partial charge in [-0.3, -0.25) is 14.8 Å². The molecule has 180 valence electrons. The fourth-order valence-corrected chi connectivity index (χ4v) is 3.97. The molecule has 3 rings (SSSR count). The van der Waals surface area contributed by atoms with Gasteiger partial charge < -0.3 is 5.32 Å². The number of pyridine rings is 1. The average Bonchev–Trinajstić information content (AvgIpc) is 2.78. The van der Waals surface area contributed by atoms with Gasteiger partial charge in [0.15, 0.2) is 0 Å². The number of hydrogen-bond donors (Lipinski definition) is 2. The number of nitrogens with one attached hydrogen (secondary N) is 2. The smallest absolute Gasteiger partial charge is 0.345 e. The van der Waals surface area contributed by atoms with E-state index >= 15 is 0 Å². The monoisotopic (exact) mass is 537 g/mol. The van der Waals surface area contributed by atoms with Gasteiger partial charge in [0.2, 0.25) is 10.0 Å². The van der Waals surface area contributed by atoms with Crippen LogP contribution in [0.15, 0.2) is 47.8 Å². The van der Waals surface area contributed by atoms with Crippen molar-refractivity contribution in [2.24, 2.45) is 0 Å². The van der Waals surface area contributed by atoms with Crippen LogP contribution >= 0.6 is 23.2 Å². The molecule has 2 heterocycles. The molecule has 0 aliphatic heterocycles. The van der Waals surface area contributed by atoms with Gasteiger partial charge in [-0.1, -0.05) is 23.2 Å². The summed E-state index contributed by atoms with van der Waals surface area (Å²) in [6.07, 6.45) is -1.77. The van der Waals surface area contributed by atoms with Crippen LogP contribution in [-0.4, -0.2) is 29.3 Å². The van der Waals surface area contributed by atoms with E-state index in [9.17, 15) is 30.8 Å². The molecule has 3 aromatic rings. The second-order valence-electron chi connectivity index (χ2n) is 6.63. The Labute approximate surface area is 200 Å². The number of carbonyl (C=O) groups excluding carboxylic acids is 1. The lowest BCUT2D eigenvalue weighted by atomic mass is 10.2. The van der Waals surface area contributed by atoms with Crippen LogP contribution in [0.2, 0.25) is 10.0 Å². The number of carbonyl (C=O) groups is 1. The Morgan fingerprint density at radius 3 is 2.29 bits per heavy atom. The van der Waals surface area contributed by atoms with Crippen molar-refractivity contribution >= 4 is 39.1 Å². The van der Waals surface area contributed by atoms with Crippen molar-refractivity contribution in [1.29, 1.82) is 0 Å². The Morgan fingerprint density at radius 1 is 0.971 bits per heavy atom. The van der Waals surface area contributed by atoms with E-state index in [2.05, 4.69) is 25.0 Å². The van der Waals surface area contributed by atoms with E-state index in [0.717, 1.165) is 30.6 Å². The summed E-state index contributed by atoms with van der Waals surface area (Å²) in [6, 6.07) is 3.61. The first-order valence-electron chi connectivity index (χ1n) is 9.12. The van der Waals surface area contributed by atoms with Gasteiger partial charge in [-0.15, -0.1) is 0 Å². The topological polar surface area (TPSA) is 114 Å². The number of halogens is 6. The van der Waals surface area contributed by atoms with Crippen molar-refractivity contribution in [3.8, 4) is 0 Å². The SMILES string of the molecule is O=C(NCc1ncc(C(F)(F)F)cc1Cl)c1cnc(CNS(=O)(=O)c2ccc(F)c(Cl)c2)cn1. The molecule has 0 spiro atoms. The number of rotatable bonds is 7. The highest BCUT2D eigenvalue weighted by Gasteiger charge is 2.31. The minimum absolute atomic E-state index is 0.0166. The van der Waals surface area contributed by atoms with E-state index in [1.165, 1.54) is 0 Å². The van der Waals surface area contributed by atoms with E-state index < -0.39 is 33.5 Å². The lowest BCUT2D eigenvalue weighted by molar-refractivity contribution is -0.137. The molecule has 0 fully saturated rings. The molecule has 0 aliphatic rings. The van der Waals surface area contributed by atoms with Gasteiger partial charge in [-0.25, -0.2) is 22.5 Å². The van der Waals surface area contributed by atoms with Gasteiger partial charge in [-0.05, 0) is 24.3 Å². The van der Waals surface area contributed by atoms with Crippen LogP contribution in [0.3, 0.4) is 0 Å². The zero-order chi connectivity index (χ0) is 25.1. The maximum Gasteiger partial charge on any atom is 0.417 e. The molecular formula is C19H13Cl2F4N5O3S. The molecule has 15 heteroatoms. The molecule has 0 saturated heterocycles. The molecule has 34 heavy (non-hydrogen) atoms. The van der Waals surface area contributed by atoms with E-state index in [1.54, 1.807) is 0 Å². The number of hydrogen-bond acceptors (Lipinski definition) is 6. The standard InChI is InChI=1S/C19H13Cl2F4N5O3S/c20-13-4-12(1-2-15(13)22)34(32,33)30-7-11-6-28-17(9-26-11)18(31)29-8-16-14(21)3-10(5-27-16)19(23,24)25/h1-6,9,30H,7-8H2,(H,29,31).